The van der Waals surface area contributed by atoms with Crippen LogP contribution in [0.5, 0.6) is 5.75 Å². The van der Waals surface area contributed by atoms with Crippen LogP contribution in [0.2, 0.25) is 0 Å². The van der Waals surface area contributed by atoms with Crippen molar-refractivity contribution in [2.75, 3.05) is 13.7 Å². The Labute approximate surface area is 118 Å². The minimum absolute atomic E-state index is 0.305. The largest absolute Gasteiger partial charge is 0.497 e. The van der Waals surface area contributed by atoms with Crippen LogP contribution in [0.3, 0.4) is 0 Å². The fourth-order valence-corrected chi connectivity index (χ4v) is 2.03. The van der Waals surface area contributed by atoms with Crippen molar-refractivity contribution in [1.82, 2.24) is 4.98 Å². The van der Waals surface area contributed by atoms with Gasteiger partial charge in [-0.15, -0.1) is 0 Å². The molecule has 4 heteroatoms. The van der Waals surface area contributed by atoms with Crippen LogP contribution in [-0.2, 0) is 17.6 Å². The van der Waals surface area contributed by atoms with Crippen LogP contribution < -0.4 is 4.74 Å². The van der Waals surface area contributed by atoms with Gasteiger partial charge >= 0.3 is 5.97 Å². The third-order valence-electron chi connectivity index (χ3n) is 3.07. The zero-order chi connectivity index (χ0) is 14.4. The van der Waals surface area contributed by atoms with Gasteiger partial charge in [0.25, 0.3) is 0 Å². The maximum atomic E-state index is 11.5. The summed E-state index contributed by atoms with van der Waals surface area (Å²) in [4.78, 5) is 14.5. The Morgan fingerprint density at radius 2 is 2.00 bits per heavy atom. The van der Waals surface area contributed by atoms with Gasteiger partial charge in [-0.2, -0.15) is 0 Å². The van der Waals surface area contributed by atoms with Crippen molar-refractivity contribution in [1.29, 1.82) is 0 Å². The fraction of sp³-hybridized carbons (Fsp3) is 0.312. The summed E-state index contributed by atoms with van der Waals surface area (Å²) in [6.07, 6.45) is 3.62. The average Bonchev–Trinajstić information content (AvgIpc) is 2.94. The van der Waals surface area contributed by atoms with Gasteiger partial charge in [-0.1, -0.05) is 12.1 Å². The molecule has 1 aromatic heterocycles. The Hall–Kier alpha value is -2.23. The number of ether oxygens (including phenoxy) is 2. The number of carbonyl (C=O) groups excluding carboxylic acids is 1. The molecule has 106 valence electrons. The summed E-state index contributed by atoms with van der Waals surface area (Å²) in [6.45, 7) is 2.18. The minimum Gasteiger partial charge on any atom is -0.497 e. The third-order valence-corrected chi connectivity index (χ3v) is 3.07. The van der Waals surface area contributed by atoms with E-state index in [0.717, 1.165) is 24.2 Å². The zero-order valence-corrected chi connectivity index (χ0v) is 11.8. The average molecular weight is 273 g/mol. The molecule has 0 aliphatic rings. The Bertz CT molecular complexity index is 575. The number of aromatic nitrogens is 1. The number of carbonyl (C=O) groups is 1. The number of benzene rings is 1. The molecule has 4 nitrogen and oxygen atoms in total. The maximum absolute atomic E-state index is 11.5. The Morgan fingerprint density at radius 3 is 2.75 bits per heavy atom. The van der Waals surface area contributed by atoms with Gasteiger partial charge in [0.2, 0.25) is 0 Å². The van der Waals surface area contributed by atoms with Crippen LogP contribution in [-0.4, -0.2) is 24.7 Å². The van der Waals surface area contributed by atoms with Crippen LogP contribution in [0.1, 0.15) is 28.5 Å². The summed E-state index contributed by atoms with van der Waals surface area (Å²) in [5, 5.41) is 0. The fourth-order valence-electron chi connectivity index (χ4n) is 2.03. The molecule has 0 atom stereocenters. The van der Waals surface area contributed by atoms with E-state index >= 15 is 0 Å². The van der Waals surface area contributed by atoms with E-state index < -0.39 is 0 Å². The second kappa shape index (κ2) is 6.80. The highest BCUT2D eigenvalue weighted by atomic mass is 16.5. The zero-order valence-electron chi connectivity index (χ0n) is 11.8. The predicted molar refractivity (Wildman–Crippen MR) is 77.2 cm³/mol. The normalized spacial score (nSPS) is 10.3. The number of hydrogen-bond donors (Lipinski definition) is 1. The SMILES string of the molecule is CCOC(=O)c1cc(CCc2cccc(OC)c2)c[nH]1. The second-order valence-corrected chi connectivity index (χ2v) is 4.49. The molecular formula is C16H19NO3. The number of H-pyrrole nitrogens is 1. The summed E-state index contributed by atoms with van der Waals surface area (Å²) >= 11 is 0. The standard InChI is InChI=1S/C16H19NO3/c1-3-20-16(18)15-10-13(11-17-15)8-7-12-5-4-6-14(9-12)19-2/h4-6,9-11,17H,3,7-8H2,1-2H3. The number of nitrogens with one attached hydrogen (secondary N) is 1. The molecule has 20 heavy (non-hydrogen) atoms. The summed E-state index contributed by atoms with van der Waals surface area (Å²) in [7, 11) is 1.66. The molecular weight excluding hydrogens is 254 g/mol. The van der Waals surface area contributed by atoms with Crippen molar-refractivity contribution >= 4 is 5.97 Å². The first-order valence-corrected chi connectivity index (χ1v) is 6.70. The van der Waals surface area contributed by atoms with Crippen molar-refractivity contribution in [2.45, 2.75) is 19.8 Å². The summed E-state index contributed by atoms with van der Waals surface area (Å²) in [5.74, 6) is 0.559. The smallest absolute Gasteiger partial charge is 0.354 e. The van der Waals surface area contributed by atoms with Gasteiger partial charge in [0.05, 0.1) is 13.7 Å². The summed E-state index contributed by atoms with van der Waals surface area (Å²) in [5.41, 5.74) is 2.81. The Morgan fingerprint density at radius 1 is 1.20 bits per heavy atom. The van der Waals surface area contributed by atoms with E-state index in [9.17, 15) is 4.79 Å². The lowest BCUT2D eigenvalue weighted by molar-refractivity contribution is 0.0520. The van der Waals surface area contributed by atoms with Crippen LogP contribution in [0.25, 0.3) is 0 Å². The summed E-state index contributed by atoms with van der Waals surface area (Å²) < 4.78 is 10.1. The molecule has 0 fully saturated rings. The molecule has 1 N–H and O–H groups in total. The Kier molecular flexibility index (Phi) is 4.82. The lowest BCUT2D eigenvalue weighted by Gasteiger charge is -2.03. The van der Waals surface area contributed by atoms with Crippen LogP contribution in [0.4, 0.5) is 0 Å². The van der Waals surface area contributed by atoms with Gasteiger partial charge in [0.1, 0.15) is 11.4 Å². The van der Waals surface area contributed by atoms with Gasteiger partial charge in [0, 0.05) is 6.20 Å². The number of methoxy groups -OCH3 is 1. The first kappa shape index (κ1) is 14.2. The second-order valence-electron chi connectivity index (χ2n) is 4.49. The number of aromatic amines is 1. The number of esters is 1. The molecule has 1 heterocycles. The molecule has 0 aliphatic heterocycles. The molecule has 2 rings (SSSR count). The highest BCUT2D eigenvalue weighted by Gasteiger charge is 2.09. The highest BCUT2D eigenvalue weighted by molar-refractivity contribution is 5.87. The molecule has 0 saturated heterocycles. The molecule has 0 saturated carbocycles. The minimum atomic E-state index is -0.305. The molecule has 0 radical (unpaired) electrons. The topological polar surface area (TPSA) is 51.3 Å². The van der Waals surface area contributed by atoms with E-state index in [1.165, 1.54) is 5.56 Å². The molecule has 0 bridgehead atoms. The van der Waals surface area contributed by atoms with E-state index in [1.54, 1.807) is 14.0 Å². The van der Waals surface area contributed by atoms with Crippen molar-refractivity contribution in [3.05, 3.63) is 53.3 Å². The molecule has 2 aromatic rings. The van der Waals surface area contributed by atoms with Crippen molar-refractivity contribution in [2.24, 2.45) is 0 Å². The van der Waals surface area contributed by atoms with Crippen LogP contribution in [0, 0.1) is 0 Å². The van der Waals surface area contributed by atoms with Crippen molar-refractivity contribution < 1.29 is 14.3 Å². The first-order chi connectivity index (χ1) is 9.72. The molecule has 1 aromatic carbocycles. The van der Waals surface area contributed by atoms with E-state index in [-0.39, 0.29) is 5.97 Å². The van der Waals surface area contributed by atoms with Crippen molar-refractivity contribution in [3.63, 3.8) is 0 Å². The number of rotatable bonds is 6. The van der Waals surface area contributed by atoms with Gasteiger partial charge in [-0.05, 0) is 49.1 Å². The molecule has 0 amide bonds. The van der Waals surface area contributed by atoms with E-state index in [2.05, 4.69) is 11.1 Å². The highest BCUT2D eigenvalue weighted by Crippen LogP contribution is 2.15. The lowest BCUT2D eigenvalue weighted by atomic mass is 10.1. The predicted octanol–water partition coefficient (Wildman–Crippen LogP) is 2.99. The monoisotopic (exact) mass is 273 g/mol. The third kappa shape index (κ3) is 3.63. The van der Waals surface area contributed by atoms with Gasteiger partial charge in [0.15, 0.2) is 0 Å². The summed E-state index contributed by atoms with van der Waals surface area (Å²) in [6, 6.07) is 9.85. The lowest BCUT2D eigenvalue weighted by Crippen LogP contribution is -2.04. The number of hydrogen-bond acceptors (Lipinski definition) is 3. The molecule has 0 aliphatic carbocycles. The van der Waals surface area contributed by atoms with E-state index in [1.807, 2.05) is 30.5 Å². The van der Waals surface area contributed by atoms with Gasteiger partial charge < -0.3 is 14.5 Å². The number of aryl methyl sites for hydroxylation is 2. The Balaban J connectivity index is 1.95. The van der Waals surface area contributed by atoms with Crippen LogP contribution in [0.15, 0.2) is 36.5 Å². The van der Waals surface area contributed by atoms with Crippen molar-refractivity contribution in [3.8, 4) is 5.75 Å². The van der Waals surface area contributed by atoms with Crippen LogP contribution >= 0.6 is 0 Å². The molecule has 0 unspecified atom stereocenters. The maximum Gasteiger partial charge on any atom is 0.354 e. The molecule has 0 spiro atoms. The quantitative estimate of drug-likeness (QED) is 0.823. The first-order valence-electron chi connectivity index (χ1n) is 6.70. The van der Waals surface area contributed by atoms with E-state index in [0.29, 0.717) is 12.3 Å². The van der Waals surface area contributed by atoms with E-state index in [4.69, 9.17) is 9.47 Å². The van der Waals surface area contributed by atoms with Gasteiger partial charge in [-0.25, -0.2) is 4.79 Å². The van der Waals surface area contributed by atoms with Gasteiger partial charge in [-0.3, -0.25) is 0 Å².